The first-order valence-electron chi connectivity index (χ1n) is 10.4. The summed E-state index contributed by atoms with van der Waals surface area (Å²) in [7, 11) is 0. The molecular formula is C22H25ClN6O2. The third-order valence-corrected chi connectivity index (χ3v) is 6.27. The lowest BCUT2D eigenvalue weighted by Gasteiger charge is -2.27. The molecule has 0 unspecified atom stereocenters. The van der Waals surface area contributed by atoms with E-state index in [4.69, 9.17) is 17.3 Å². The molecule has 0 saturated heterocycles. The van der Waals surface area contributed by atoms with Gasteiger partial charge >= 0.3 is 5.69 Å². The number of halogens is 1. The van der Waals surface area contributed by atoms with Gasteiger partial charge in [0.1, 0.15) is 6.20 Å². The Hall–Kier alpha value is -2.97. The van der Waals surface area contributed by atoms with Crippen LogP contribution < -0.4 is 16.4 Å². The predicted molar refractivity (Wildman–Crippen MR) is 124 cm³/mol. The molecule has 0 spiro atoms. The Balaban J connectivity index is 1.54. The Morgan fingerprint density at radius 2 is 1.81 bits per heavy atom. The average molecular weight is 441 g/mol. The van der Waals surface area contributed by atoms with E-state index in [1.54, 1.807) is 6.07 Å². The lowest BCUT2D eigenvalue weighted by molar-refractivity contribution is -0.384. The molecule has 3 aromatic rings. The van der Waals surface area contributed by atoms with Crippen molar-refractivity contribution in [2.75, 3.05) is 23.7 Å². The molecule has 4 rings (SSSR count). The molecule has 9 heteroatoms. The molecular weight excluding hydrogens is 416 g/mol. The molecule has 1 saturated carbocycles. The van der Waals surface area contributed by atoms with Crippen LogP contribution in [0, 0.1) is 22.0 Å². The number of rotatable bonds is 7. The molecule has 0 aliphatic heterocycles. The van der Waals surface area contributed by atoms with E-state index in [9.17, 15) is 10.1 Å². The molecule has 0 atom stereocenters. The molecule has 0 amide bonds. The maximum absolute atomic E-state index is 11.5. The molecule has 1 heterocycles. The fourth-order valence-electron chi connectivity index (χ4n) is 4.10. The van der Waals surface area contributed by atoms with Crippen LogP contribution >= 0.6 is 11.6 Å². The van der Waals surface area contributed by atoms with E-state index >= 15 is 0 Å². The third kappa shape index (κ3) is 4.86. The fourth-order valence-corrected chi connectivity index (χ4v) is 4.33. The van der Waals surface area contributed by atoms with Gasteiger partial charge in [-0.3, -0.25) is 10.1 Å². The van der Waals surface area contributed by atoms with Gasteiger partial charge in [-0.15, -0.1) is 0 Å². The topological polar surface area (TPSA) is 119 Å². The minimum absolute atomic E-state index is 0.137. The Bertz CT molecular complexity index is 1080. The number of aromatic nitrogens is 2. The number of nitrogens with zero attached hydrogens (tertiary/aromatic N) is 3. The van der Waals surface area contributed by atoms with Crippen LogP contribution in [0.5, 0.6) is 0 Å². The third-order valence-electron chi connectivity index (χ3n) is 5.94. The molecule has 1 aromatic heterocycles. The SMILES string of the molecule is NCC1CCC(CNc2nc(Nc3ccc(Cl)c4ccccc34)ncc2[N+](=O)[O-])CC1. The van der Waals surface area contributed by atoms with Crippen LogP contribution in [0.3, 0.4) is 0 Å². The normalized spacial score (nSPS) is 18.6. The van der Waals surface area contributed by atoms with Crippen molar-refractivity contribution < 1.29 is 4.92 Å². The Labute approximate surface area is 185 Å². The highest BCUT2D eigenvalue weighted by atomic mass is 35.5. The lowest BCUT2D eigenvalue weighted by atomic mass is 9.82. The van der Waals surface area contributed by atoms with Gasteiger partial charge in [-0.2, -0.15) is 4.98 Å². The second kappa shape index (κ2) is 9.45. The van der Waals surface area contributed by atoms with Crippen LogP contribution in [-0.2, 0) is 0 Å². The molecule has 0 radical (unpaired) electrons. The van der Waals surface area contributed by atoms with Gasteiger partial charge in [0.2, 0.25) is 11.8 Å². The largest absolute Gasteiger partial charge is 0.364 e. The first-order valence-corrected chi connectivity index (χ1v) is 10.8. The molecule has 31 heavy (non-hydrogen) atoms. The molecule has 0 bridgehead atoms. The number of hydrogen-bond acceptors (Lipinski definition) is 7. The van der Waals surface area contributed by atoms with Gasteiger partial charge in [0.25, 0.3) is 0 Å². The van der Waals surface area contributed by atoms with Gasteiger partial charge in [-0.25, -0.2) is 4.98 Å². The first-order chi connectivity index (χ1) is 15.0. The minimum Gasteiger partial charge on any atom is -0.364 e. The van der Waals surface area contributed by atoms with Crippen LogP contribution in [0.25, 0.3) is 10.8 Å². The second-order valence-electron chi connectivity index (χ2n) is 7.95. The van der Waals surface area contributed by atoms with Gasteiger partial charge in [-0.05, 0) is 56.2 Å². The summed E-state index contributed by atoms with van der Waals surface area (Å²) in [5, 5.41) is 20.3. The van der Waals surface area contributed by atoms with Gasteiger partial charge in [-0.1, -0.05) is 35.9 Å². The summed E-state index contributed by atoms with van der Waals surface area (Å²) >= 11 is 6.30. The summed E-state index contributed by atoms with van der Waals surface area (Å²) in [6.07, 6.45) is 5.57. The first kappa shape index (κ1) is 21.3. The van der Waals surface area contributed by atoms with Crippen molar-refractivity contribution in [3.05, 3.63) is 57.7 Å². The van der Waals surface area contributed by atoms with Gasteiger partial charge < -0.3 is 16.4 Å². The van der Waals surface area contributed by atoms with Gasteiger partial charge in [0.05, 0.1) is 4.92 Å². The van der Waals surface area contributed by atoms with Crippen molar-refractivity contribution in [1.29, 1.82) is 0 Å². The van der Waals surface area contributed by atoms with Crippen LogP contribution in [0.4, 0.5) is 23.1 Å². The molecule has 1 aliphatic carbocycles. The molecule has 162 valence electrons. The van der Waals surface area contributed by atoms with Crippen LogP contribution in [0.1, 0.15) is 25.7 Å². The maximum Gasteiger partial charge on any atom is 0.329 e. The standard InChI is InChI=1S/C22H25ClN6O2/c23-18-9-10-19(17-4-2-1-3-16(17)18)27-22-26-13-20(29(30)31)21(28-22)25-12-15-7-5-14(11-24)6-8-15/h1-4,9-10,13-15H,5-8,11-12,24H2,(H2,25,26,27,28). The monoisotopic (exact) mass is 440 g/mol. The van der Waals surface area contributed by atoms with Gasteiger partial charge in [0, 0.05) is 28.0 Å². The van der Waals surface area contributed by atoms with Crippen LogP contribution in [-0.4, -0.2) is 28.0 Å². The van der Waals surface area contributed by atoms with Gasteiger partial charge in [0.15, 0.2) is 0 Å². The Kier molecular flexibility index (Phi) is 6.48. The number of nitrogens with two attached hydrogens (primary N) is 1. The summed E-state index contributed by atoms with van der Waals surface area (Å²) < 4.78 is 0. The van der Waals surface area contributed by atoms with Crippen LogP contribution in [0.15, 0.2) is 42.6 Å². The number of fused-ring (bicyclic) bond motifs is 1. The summed E-state index contributed by atoms with van der Waals surface area (Å²) in [6, 6.07) is 11.4. The van der Waals surface area contributed by atoms with E-state index in [0.717, 1.165) is 48.7 Å². The number of anilines is 3. The summed E-state index contributed by atoms with van der Waals surface area (Å²) in [6.45, 7) is 1.37. The van der Waals surface area contributed by atoms with E-state index in [-0.39, 0.29) is 17.5 Å². The predicted octanol–water partition coefficient (Wildman–Crippen LogP) is 5.11. The molecule has 1 fully saturated rings. The maximum atomic E-state index is 11.5. The number of benzene rings is 2. The summed E-state index contributed by atoms with van der Waals surface area (Å²) in [4.78, 5) is 19.6. The van der Waals surface area contributed by atoms with E-state index in [2.05, 4.69) is 20.6 Å². The second-order valence-corrected chi connectivity index (χ2v) is 8.36. The van der Waals surface area contributed by atoms with E-state index < -0.39 is 4.92 Å². The number of nitrogens with one attached hydrogen (secondary N) is 2. The molecule has 4 N–H and O–H groups in total. The Morgan fingerprint density at radius 1 is 1.10 bits per heavy atom. The number of hydrogen-bond donors (Lipinski definition) is 3. The zero-order chi connectivity index (χ0) is 21.8. The van der Waals surface area contributed by atoms with Crippen molar-refractivity contribution in [1.82, 2.24) is 9.97 Å². The number of nitro groups is 1. The smallest absolute Gasteiger partial charge is 0.329 e. The highest BCUT2D eigenvalue weighted by Crippen LogP contribution is 2.32. The Morgan fingerprint density at radius 3 is 2.52 bits per heavy atom. The van der Waals surface area contributed by atoms with Crippen molar-refractivity contribution in [2.45, 2.75) is 25.7 Å². The molecule has 2 aromatic carbocycles. The lowest BCUT2D eigenvalue weighted by Crippen LogP contribution is -2.25. The summed E-state index contributed by atoms with van der Waals surface area (Å²) in [5.74, 6) is 1.55. The van der Waals surface area contributed by atoms with Crippen molar-refractivity contribution in [3.63, 3.8) is 0 Å². The van der Waals surface area contributed by atoms with Crippen molar-refractivity contribution in [3.8, 4) is 0 Å². The fraction of sp³-hybridized carbons (Fsp3) is 0.364. The average Bonchev–Trinajstić information content (AvgIpc) is 2.80. The van der Waals surface area contributed by atoms with E-state index in [1.165, 1.54) is 6.20 Å². The summed E-state index contributed by atoms with van der Waals surface area (Å²) in [5.41, 5.74) is 6.41. The molecule has 1 aliphatic rings. The van der Waals surface area contributed by atoms with Crippen molar-refractivity contribution >= 4 is 45.5 Å². The van der Waals surface area contributed by atoms with E-state index in [0.29, 0.717) is 23.4 Å². The quantitative estimate of drug-likeness (QED) is 0.345. The highest BCUT2D eigenvalue weighted by molar-refractivity contribution is 6.36. The van der Waals surface area contributed by atoms with E-state index in [1.807, 2.05) is 30.3 Å². The minimum atomic E-state index is -0.463. The van der Waals surface area contributed by atoms with Crippen LogP contribution in [0.2, 0.25) is 5.02 Å². The molecule has 8 nitrogen and oxygen atoms in total. The zero-order valence-electron chi connectivity index (χ0n) is 17.1. The zero-order valence-corrected chi connectivity index (χ0v) is 17.8. The highest BCUT2D eigenvalue weighted by Gasteiger charge is 2.23. The van der Waals surface area contributed by atoms with Crippen molar-refractivity contribution in [2.24, 2.45) is 17.6 Å².